The molecule has 4 atom stereocenters. The minimum Gasteiger partial charge on any atom is -0.313 e. The van der Waals surface area contributed by atoms with Crippen molar-refractivity contribution < 1.29 is 0 Å². The third-order valence-electron chi connectivity index (χ3n) is 5.58. The van der Waals surface area contributed by atoms with Gasteiger partial charge in [0.25, 0.3) is 0 Å². The maximum absolute atomic E-state index is 4.34. The lowest BCUT2D eigenvalue weighted by Gasteiger charge is -2.31. The summed E-state index contributed by atoms with van der Waals surface area (Å²) in [6, 6.07) is 9.27. The Labute approximate surface area is 120 Å². The molecule has 2 nitrogen and oxygen atoms in total. The topological polar surface area (TPSA) is 24.9 Å². The molecule has 104 valence electrons. The Morgan fingerprint density at radius 3 is 2.90 bits per heavy atom. The number of pyridine rings is 1. The van der Waals surface area contributed by atoms with Gasteiger partial charge in [0.1, 0.15) is 0 Å². The molecule has 2 saturated carbocycles. The number of fused-ring (bicyclic) bond motifs is 3. The summed E-state index contributed by atoms with van der Waals surface area (Å²) in [6.07, 6.45) is 9.70. The Kier molecular flexibility index (Phi) is 2.99. The highest BCUT2D eigenvalue weighted by Crippen LogP contribution is 2.52. The van der Waals surface area contributed by atoms with Crippen LogP contribution in [-0.2, 0) is 0 Å². The SMILES string of the molecule is CNC(c1cccc2ccncc12)C1CC2CCC1C2. The maximum atomic E-state index is 4.34. The molecule has 2 fully saturated rings. The molecule has 4 unspecified atom stereocenters. The lowest BCUT2D eigenvalue weighted by Crippen LogP contribution is -2.29. The summed E-state index contributed by atoms with van der Waals surface area (Å²) in [7, 11) is 2.12. The molecule has 20 heavy (non-hydrogen) atoms. The third kappa shape index (κ3) is 1.86. The van der Waals surface area contributed by atoms with Crippen molar-refractivity contribution in [3.63, 3.8) is 0 Å². The summed E-state index contributed by atoms with van der Waals surface area (Å²) in [5.74, 6) is 2.74. The summed E-state index contributed by atoms with van der Waals surface area (Å²) in [6.45, 7) is 0. The van der Waals surface area contributed by atoms with Crippen molar-refractivity contribution in [2.24, 2.45) is 17.8 Å². The molecule has 2 aliphatic rings. The van der Waals surface area contributed by atoms with Crippen molar-refractivity contribution in [2.45, 2.75) is 31.7 Å². The molecule has 0 spiro atoms. The molecule has 1 aromatic heterocycles. The number of hydrogen-bond acceptors (Lipinski definition) is 2. The van der Waals surface area contributed by atoms with Gasteiger partial charge >= 0.3 is 0 Å². The van der Waals surface area contributed by atoms with E-state index in [2.05, 4.69) is 41.6 Å². The van der Waals surface area contributed by atoms with Crippen LogP contribution in [0.4, 0.5) is 0 Å². The molecular formula is C18H22N2. The van der Waals surface area contributed by atoms with Crippen molar-refractivity contribution in [1.82, 2.24) is 10.3 Å². The number of nitrogens with one attached hydrogen (secondary N) is 1. The number of nitrogens with zero attached hydrogens (tertiary/aromatic N) is 1. The molecule has 0 aliphatic heterocycles. The van der Waals surface area contributed by atoms with Crippen LogP contribution in [0.25, 0.3) is 10.8 Å². The molecule has 0 saturated heterocycles. The molecule has 1 aromatic carbocycles. The van der Waals surface area contributed by atoms with E-state index in [0.717, 1.165) is 17.8 Å². The van der Waals surface area contributed by atoms with Crippen molar-refractivity contribution >= 4 is 10.8 Å². The summed E-state index contributed by atoms with van der Waals surface area (Å²) in [5, 5.41) is 6.23. The van der Waals surface area contributed by atoms with Gasteiger partial charge < -0.3 is 5.32 Å². The first-order valence-corrected chi connectivity index (χ1v) is 7.86. The van der Waals surface area contributed by atoms with E-state index in [9.17, 15) is 0 Å². The van der Waals surface area contributed by atoms with Crippen LogP contribution in [0.3, 0.4) is 0 Å². The monoisotopic (exact) mass is 266 g/mol. The molecule has 0 radical (unpaired) electrons. The molecule has 2 bridgehead atoms. The van der Waals surface area contributed by atoms with Crippen LogP contribution in [0.2, 0.25) is 0 Å². The second-order valence-electron chi connectivity index (χ2n) is 6.55. The Hall–Kier alpha value is -1.41. The quantitative estimate of drug-likeness (QED) is 0.910. The van der Waals surface area contributed by atoms with E-state index in [4.69, 9.17) is 0 Å². The van der Waals surface area contributed by atoms with Gasteiger partial charge in [0, 0.05) is 23.8 Å². The lowest BCUT2D eigenvalue weighted by atomic mass is 9.79. The van der Waals surface area contributed by atoms with Gasteiger partial charge in [-0.3, -0.25) is 4.98 Å². The van der Waals surface area contributed by atoms with Gasteiger partial charge in [0.05, 0.1) is 0 Å². The van der Waals surface area contributed by atoms with Gasteiger partial charge in [-0.1, -0.05) is 24.6 Å². The fourth-order valence-electron chi connectivity index (χ4n) is 4.71. The highest BCUT2D eigenvalue weighted by atomic mass is 14.9. The number of hydrogen-bond donors (Lipinski definition) is 1. The van der Waals surface area contributed by atoms with Gasteiger partial charge in [0.15, 0.2) is 0 Å². The third-order valence-corrected chi connectivity index (χ3v) is 5.58. The maximum Gasteiger partial charge on any atom is 0.0355 e. The van der Waals surface area contributed by atoms with Gasteiger partial charge in [-0.2, -0.15) is 0 Å². The predicted molar refractivity (Wildman–Crippen MR) is 82.5 cm³/mol. The van der Waals surface area contributed by atoms with Gasteiger partial charge in [0.2, 0.25) is 0 Å². The summed E-state index contributed by atoms with van der Waals surface area (Å²) in [4.78, 5) is 4.34. The lowest BCUT2D eigenvalue weighted by molar-refractivity contribution is 0.260. The van der Waals surface area contributed by atoms with Crippen LogP contribution in [0.1, 0.15) is 37.3 Å². The first-order valence-electron chi connectivity index (χ1n) is 7.86. The molecule has 2 aliphatic carbocycles. The fraction of sp³-hybridized carbons (Fsp3) is 0.500. The Morgan fingerprint density at radius 1 is 1.20 bits per heavy atom. The van der Waals surface area contributed by atoms with Gasteiger partial charge in [-0.15, -0.1) is 0 Å². The van der Waals surface area contributed by atoms with Crippen LogP contribution in [0.15, 0.2) is 36.7 Å². The van der Waals surface area contributed by atoms with Crippen LogP contribution in [0, 0.1) is 17.8 Å². The zero-order chi connectivity index (χ0) is 13.5. The van der Waals surface area contributed by atoms with E-state index in [1.807, 2.05) is 12.4 Å². The summed E-state index contributed by atoms with van der Waals surface area (Å²) < 4.78 is 0. The van der Waals surface area contributed by atoms with E-state index in [1.54, 1.807) is 0 Å². The number of aromatic nitrogens is 1. The fourth-order valence-corrected chi connectivity index (χ4v) is 4.71. The number of rotatable bonds is 3. The predicted octanol–water partition coefficient (Wildman–Crippen LogP) is 3.93. The molecule has 2 aromatic rings. The zero-order valence-corrected chi connectivity index (χ0v) is 12.0. The zero-order valence-electron chi connectivity index (χ0n) is 12.0. The van der Waals surface area contributed by atoms with E-state index >= 15 is 0 Å². The van der Waals surface area contributed by atoms with Gasteiger partial charge in [-0.25, -0.2) is 0 Å². The first-order chi connectivity index (χ1) is 9.86. The van der Waals surface area contributed by atoms with Crippen LogP contribution in [-0.4, -0.2) is 12.0 Å². The van der Waals surface area contributed by atoms with Crippen LogP contribution in [0.5, 0.6) is 0 Å². The van der Waals surface area contributed by atoms with Crippen molar-refractivity contribution in [2.75, 3.05) is 7.05 Å². The van der Waals surface area contributed by atoms with Crippen molar-refractivity contribution in [3.05, 3.63) is 42.2 Å². The highest BCUT2D eigenvalue weighted by molar-refractivity contribution is 5.85. The van der Waals surface area contributed by atoms with Gasteiger partial charge in [-0.05, 0) is 61.1 Å². The molecule has 2 heteroatoms. The molecule has 1 N–H and O–H groups in total. The molecule has 4 rings (SSSR count). The molecule has 0 amide bonds. The molecular weight excluding hydrogens is 244 g/mol. The average Bonchev–Trinajstić information content (AvgIpc) is 3.11. The minimum absolute atomic E-state index is 0.484. The smallest absolute Gasteiger partial charge is 0.0355 e. The highest BCUT2D eigenvalue weighted by Gasteiger charge is 2.43. The largest absolute Gasteiger partial charge is 0.313 e. The Bertz CT molecular complexity index is 616. The average molecular weight is 266 g/mol. The van der Waals surface area contributed by atoms with E-state index in [0.29, 0.717) is 6.04 Å². The van der Waals surface area contributed by atoms with Crippen LogP contribution < -0.4 is 5.32 Å². The first kappa shape index (κ1) is 12.3. The molecule has 1 heterocycles. The second kappa shape index (κ2) is 4.85. The van der Waals surface area contributed by atoms with E-state index in [-0.39, 0.29) is 0 Å². The second-order valence-corrected chi connectivity index (χ2v) is 6.55. The van der Waals surface area contributed by atoms with Crippen LogP contribution >= 0.6 is 0 Å². The normalized spacial score (nSPS) is 29.9. The van der Waals surface area contributed by atoms with Crippen molar-refractivity contribution in [1.29, 1.82) is 0 Å². The minimum atomic E-state index is 0.484. The Balaban J connectivity index is 1.76. The summed E-state index contributed by atoms with van der Waals surface area (Å²) >= 11 is 0. The van der Waals surface area contributed by atoms with E-state index in [1.165, 1.54) is 42.0 Å². The Morgan fingerprint density at radius 2 is 2.15 bits per heavy atom. The van der Waals surface area contributed by atoms with Crippen molar-refractivity contribution in [3.8, 4) is 0 Å². The standard InChI is InChI=1S/C18H22N2/c1-19-18(16-10-12-5-6-14(16)9-12)15-4-2-3-13-7-8-20-11-17(13)15/h2-4,7-8,11-12,14,16,18-19H,5-6,9-10H2,1H3. The summed E-state index contributed by atoms with van der Waals surface area (Å²) in [5.41, 5.74) is 1.44. The number of benzene rings is 1. The van der Waals surface area contributed by atoms with E-state index < -0.39 is 0 Å².